The Kier molecular flexibility index (Phi) is 10.1. The molecule has 1 atom stereocenters. The van der Waals surface area contributed by atoms with Crippen molar-refractivity contribution in [3.63, 3.8) is 0 Å². The number of nitriles is 1. The Bertz CT molecular complexity index is 685. The van der Waals surface area contributed by atoms with Crippen molar-refractivity contribution < 1.29 is 4.74 Å². The molecule has 1 fully saturated rings. The number of piperazine rings is 1. The molecule has 1 saturated heterocycles. The second-order valence-corrected chi connectivity index (χ2v) is 5.98. The van der Waals surface area contributed by atoms with Gasteiger partial charge in [-0.15, -0.1) is 24.8 Å². The molecule has 2 aromatic carbocycles. The van der Waals surface area contributed by atoms with Gasteiger partial charge in [-0.25, -0.2) is 0 Å². The van der Waals surface area contributed by atoms with Gasteiger partial charge in [0.1, 0.15) is 12.4 Å². The van der Waals surface area contributed by atoms with Gasteiger partial charge >= 0.3 is 0 Å². The van der Waals surface area contributed by atoms with E-state index in [-0.39, 0.29) is 30.9 Å². The Morgan fingerprint density at radius 3 is 2.35 bits per heavy atom. The molecule has 140 valence electrons. The molecule has 1 aliphatic heterocycles. The zero-order chi connectivity index (χ0) is 16.6. The van der Waals surface area contributed by atoms with Gasteiger partial charge in [-0.2, -0.15) is 5.26 Å². The molecule has 0 amide bonds. The first-order valence-electron chi connectivity index (χ1n) is 8.46. The van der Waals surface area contributed by atoms with Gasteiger partial charge in [-0.1, -0.05) is 48.5 Å². The molecule has 26 heavy (non-hydrogen) atoms. The molecular weight excluding hydrogens is 369 g/mol. The molecule has 0 aliphatic carbocycles. The number of hydrogen-bond donors (Lipinski definition) is 1. The lowest BCUT2D eigenvalue weighted by atomic mass is 10.0. The minimum Gasteiger partial charge on any atom is -0.489 e. The highest BCUT2D eigenvalue weighted by molar-refractivity contribution is 5.85. The SMILES string of the molecule is Cl.Cl.N#CC[C@@H](c1ccccc1OCc1ccccc1)N1CCNCC1. The average Bonchev–Trinajstić information content (AvgIpc) is 2.66. The zero-order valence-electron chi connectivity index (χ0n) is 14.6. The van der Waals surface area contributed by atoms with Crippen LogP contribution in [-0.4, -0.2) is 31.1 Å². The molecule has 0 bridgehead atoms. The normalized spacial score (nSPS) is 15.0. The third-order valence-electron chi connectivity index (χ3n) is 4.39. The zero-order valence-corrected chi connectivity index (χ0v) is 16.3. The lowest BCUT2D eigenvalue weighted by molar-refractivity contribution is 0.170. The van der Waals surface area contributed by atoms with Crippen LogP contribution in [0.4, 0.5) is 0 Å². The van der Waals surface area contributed by atoms with E-state index in [2.05, 4.69) is 34.5 Å². The summed E-state index contributed by atoms with van der Waals surface area (Å²) in [6.45, 7) is 4.39. The maximum atomic E-state index is 9.29. The Labute approximate surface area is 168 Å². The summed E-state index contributed by atoms with van der Waals surface area (Å²) in [4.78, 5) is 2.38. The molecule has 3 rings (SSSR count). The molecule has 0 saturated carbocycles. The van der Waals surface area contributed by atoms with Crippen LogP contribution in [0.15, 0.2) is 54.6 Å². The van der Waals surface area contributed by atoms with Crippen LogP contribution in [0.5, 0.6) is 5.75 Å². The van der Waals surface area contributed by atoms with Crippen molar-refractivity contribution in [2.75, 3.05) is 26.2 Å². The number of hydrogen-bond acceptors (Lipinski definition) is 4. The fraction of sp³-hybridized carbons (Fsp3) is 0.350. The van der Waals surface area contributed by atoms with E-state index in [1.165, 1.54) is 0 Å². The Balaban J connectivity index is 0.00000169. The molecule has 0 radical (unpaired) electrons. The third kappa shape index (κ3) is 5.89. The van der Waals surface area contributed by atoms with Crippen molar-refractivity contribution in [3.8, 4) is 11.8 Å². The van der Waals surface area contributed by atoms with Crippen LogP contribution in [-0.2, 0) is 6.61 Å². The fourth-order valence-corrected chi connectivity index (χ4v) is 3.14. The third-order valence-corrected chi connectivity index (χ3v) is 4.39. The number of rotatable bonds is 6. The maximum Gasteiger partial charge on any atom is 0.124 e. The number of benzene rings is 2. The van der Waals surface area contributed by atoms with Gasteiger partial charge in [0.25, 0.3) is 0 Å². The lowest BCUT2D eigenvalue weighted by Crippen LogP contribution is -2.45. The van der Waals surface area contributed by atoms with E-state index in [1.807, 2.05) is 36.4 Å². The summed E-state index contributed by atoms with van der Waals surface area (Å²) in [5, 5.41) is 12.7. The van der Waals surface area contributed by atoms with Gasteiger partial charge in [0, 0.05) is 31.7 Å². The molecule has 4 nitrogen and oxygen atoms in total. The highest BCUT2D eigenvalue weighted by atomic mass is 35.5. The summed E-state index contributed by atoms with van der Waals surface area (Å²) >= 11 is 0. The minimum absolute atomic E-state index is 0. The quantitative estimate of drug-likeness (QED) is 0.806. The van der Waals surface area contributed by atoms with Crippen LogP contribution in [0.25, 0.3) is 0 Å². The molecule has 1 N–H and O–H groups in total. The van der Waals surface area contributed by atoms with Gasteiger partial charge in [0.05, 0.1) is 18.5 Å². The van der Waals surface area contributed by atoms with Gasteiger partial charge in [0.15, 0.2) is 0 Å². The molecule has 1 aliphatic rings. The molecule has 2 aromatic rings. The first-order valence-corrected chi connectivity index (χ1v) is 8.46. The number of halogens is 2. The molecule has 1 heterocycles. The van der Waals surface area contributed by atoms with Gasteiger partial charge < -0.3 is 10.1 Å². The lowest BCUT2D eigenvalue weighted by Gasteiger charge is -2.34. The van der Waals surface area contributed by atoms with Gasteiger partial charge in [-0.05, 0) is 11.6 Å². The van der Waals surface area contributed by atoms with E-state index >= 15 is 0 Å². The molecule has 0 unspecified atom stereocenters. The first kappa shape index (κ1) is 22.3. The summed E-state index contributed by atoms with van der Waals surface area (Å²) in [7, 11) is 0. The van der Waals surface area contributed by atoms with Crippen molar-refractivity contribution in [2.24, 2.45) is 0 Å². The summed E-state index contributed by atoms with van der Waals surface area (Å²) in [6, 6.07) is 20.7. The molecule has 0 aromatic heterocycles. The predicted octanol–water partition coefficient (Wildman–Crippen LogP) is 3.97. The van der Waals surface area contributed by atoms with Gasteiger partial charge in [-0.3, -0.25) is 4.90 Å². The highest BCUT2D eigenvalue weighted by Gasteiger charge is 2.24. The Morgan fingerprint density at radius 2 is 1.65 bits per heavy atom. The van der Waals surface area contributed by atoms with Crippen LogP contribution in [0.2, 0.25) is 0 Å². The second-order valence-electron chi connectivity index (χ2n) is 5.98. The van der Waals surface area contributed by atoms with E-state index in [4.69, 9.17) is 4.74 Å². The van der Waals surface area contributed by atoms with Crippen LogP contribution in [0, 0.1) is 11.3 Å². The smallest absolute Gasteiger partial charge is 0.124 e. The van der Waals surface area contributed by atoms with Gasteiger partial charge in [0.2, 0.25) is 0 Å². The van der Waals surface area contributed by atoms with Crippen molar-refractivity contribution in [3.05, 3.63) is 65.7 Å². The van der Waals surface area contributed by atoms with Crippen LogP contribution < -0.4 is 10.1 Å². The van der Waals surface area contributed by atoms with E-state index in [1.54, 1.807) is 0 Å². The second kappa shape index (κ2) is 11.8. The van der Waals surface area contributed by atoms with E-state index in [0.717, 1.165) is 43.1 Å². The van der Waals surface area contributed by atoms with Crippen LogP contribution >= 0.6 is 24.8 Å². The molecular formula is C20H25Cl2N3O. The molecule has 6 heteroatoms. The predicted molar refractivity (Wildman–Crippen MR) is 109 cm³/mol. The standard InChI is InChI=1S/C20H23N3O.2ClH/c21-11-10-19(23-14-12-22-13-15-23)18-8-4-5-9-20(18)24-16-17-6-2-1-3-7-17;;/h1-9,19,22H,10,12-16H2;2*1H/t19-;;/m0../s1. The Hall–Kier alpha value is -1.77. The number of ether oxygens (including phenoxy) is 1. The summed E-state index contributed by atoms with van der Waals surface area (Å²) in [6.07, 6.45) is 0.478. The van der Waals surface area contributed by atoms with Crippen molar-refractivity contribution in [1.29, 1.82) is 5.26 Å². The largest absolute Gasteiger partial charge is 0.489 e. The van der Waals surface area contributed by atoms with E-state index in [0.29, 0.717) is 13.0 Å². The minimum atomic E-state index is 0. The summed E-state index contributed by atoms with van der Waals surface area (Å²) < 4.78 is 6.09. The number of nitrogens with one attached hydrogen (secondary N) is 1. The topological polar surface area (TPSA) is 48.3 Å². The number of para-hydroxylation sites is 1. The maximum absolute atomic E-state index is 9.29. The number of nitrogens with zero attached hydrogens (tertiary/aromatic N) is 2. The van der Waals surface area contributed by atoms with Crippen molar-refractivity contribution in [1.82, 2.24) is 10.2 Å². The Morgan fingerprint density at radius 1 is 1.00 bits per heavy atom. The summed E-state index contributed by atoms with van der Waals surface area (Å²) in [5.74, 6) is 0.875. The van der Waals surface area contributed by atoms with Crippen LogP contribution in [0.3, 0.4) is 0 Å². The van der Waals surface area contributed by atoms with Crippen molar-refractivity contribution in [2.45, 2.75) is 19.1 Å². The summed E-state index contributed by atoms with van der Waals surface area (Å²) in [5.41, 5.74) is 2.25. The van der Waals surface area contributed by atoms with Crippen LogP contribution in [0.1, 0.15) is 23.6 Å². The molecule has 0 spiro atoms. The van der Waals surface area contributed by atoms with Crippen molar-refractivity contribution >= 4 is 24.8 Å². The van der Waals surface area contributed by atoms with E-state index < -0.39 is 0 Å². The fourth-order valence-electron chi connectivity index (χ4n) is 3.14. The highest BCUT2D eigenvalue weighted by Crippen LogP contribution is 2.32. The average molecular weight is 394 g/mol. The van der Waals surface area contributed by atoms with E-state index in [9.17, 15) is 5.26 Å². The monoisotopic (exact) mass is 393 g/mol. The first-order chi connectivity index (χ1) is 11.9.